The molecule has 1 aliphatic heterocycles. The van der Waals surface area contributed by atoms with Crippen LogP contribution in [0, 0.1) is 6.92 Å². The maximum absolute atomic E-state index is 3.67. The number of aryl methyl sites for hydroxylation is 1. The Morgan fingerprint density at radius 2 is 1.68 bits per heavy atom. The molecular formula is C23H24BrN. The molecule has 1 nitrogen and oxygen atoms in total. The molecular weight excluding hydrogens is 370 g/mol. The molecule has 0 unspecified atom stereocenters. The molecule has 0 radical (unpaired) electrons. The Balaban J connectivity index is 1.91. The van der Waals surface area contributed by atoms with Gasteiger partial charge in [0.05, 0.1) is 0 Å². The topological polar surface area (TPSA) is 3.24 Å². The van der Waals surface area contributed by atoms with Crippen molar-refractivity contribution in [2.75, 3.05) is 13.1 Å². The van der Waals surface area contributed by atoms with Crippen molar-refractivity contribution in [2.24, 2.45) is 0 Å². The van der Waals surface area contributed by atoms with Crippen LogP contribution in [0.4, 0.5) is 0 Å². The lowest BCUT2D eigenvalue weighted by Crippen LogP contribution is -2.29. The van der Waals surface area contributed by atoms with E-state index >= 15 is 0 Å². The minimum absolute atomic E-state index is 1.05. The summed E-state index contributed by atoms with van der Waals surface area (Å²) in [6, 6.07) is 19.9. The van der Waals surface area contributed by atoms with Gasteiger partial charge < -0.3 is 0 Å². The monoisotopic (exact) mass is 393 g/mol. The summed E-state index contributed by atoms with van der Waals surface area (Å²) in [5, 5.41) is 2.67. The summed E-state index contributed by atoms with van der Waals surface area (Å²) >= 11 is 3.67. The number of rotatable bonds is 3. The first kappa shape index (κ1) is 16.8. The van der Waals surface area contributed by atoms with E-state index in [-0.39, 0.29) is 0 Å². The first-order valence-corrected chi connectivity index (χ1v) is 10.0. The molecule has 0 bridgehead atoms. The Hall–Kier alpha value is -1.64. The Kier molecular flexibility index (Phi) is 4.91. The van der Waals surface area contributed by atoms with Crippen molar-refractivity contribution in [1.29, 1.82) is 0 Å². The van der Waals surface area contributed by atoms with Crippen molar-refractivity contribution in [3.8, 4) is 11.1 Å². The molecule has 4 rings (SSSR count). The van der Waals surface area contributed by atoms with Crippen LogP contribution in [0.1, 0.15) is 30.4 Å². The Labute approximate surface area is 158 Å². The predicted octanol–water partition coefficient (Wildman–Crippen LogP) is 6.56. The predicted molar refractivity (Wildman–Crippen MR) is 111 cm³/mol. The molecule has 25 heavy (non-hydrogen) atoms. The van der Waals surface area contributed by atoms with Crippen LogP contribution in [0.25, 0.3) is 21.9 Å². The van der Waals surface area contributed by atoms with E-state index in [9.17, 15) is 0 Å². The van der Waals surface area contributed by atoms with E-state index in [1.54, 1.807) is 0 Å². The fourth-order valence-electron chi connectivity index (χ4n) is 4.03. The van der Waals surface area contributed by atoms with Gasteiger partial charge in [0, 0.05) is 11.0 Å². The van der Waals surface area contributed by atoms with Crippen LogP contribution in [-0.2, 0) is 6.54 Å². The highest BCUT2D eigenvalue weighted by Crippen LogP contribution is 2.36. The average Bonchev–Trinajstić information content (AvgIpc) is 2.64. The van der Waals surface area contributed by atoms with Crippen molar-refractivity contribution in [3.63, 3.8) is 0 Å². The van der Waals surface area contributed by atoms with Gasteiger partial charge in [0.1, 0.15) is 0 Å². The first-order valence-electron chi connectivity index (χ1n) is 9.22. The maximum atomic E-state index is 3.67. The summed E-state index contributed by atoms with van der Waals surface area (Å²) in [5.74, 6) is 0. The third-order valence-electron chi connectivity index (χ3n) is 5.33. The van der Waals surface area contributed by atoms with E-state index in [1.807, 2.05) is 0 Å². The number of hydrogen-bond donors (Lipinski definition) is 0. The normalized spacial score (nSPS) is 15.6. The van der Waals surface area contributed by atoms with Crippen molar-refractivity contribution in [3.05, 3.63) is 70.2 Å². The zero-order chi connectivity index (χ0) is 17.2. The molecule has 1 fully saturated rings. The largest absolute Gasteiger partial charge is 0.299 e. The van der Waals surface area contributed by atoms with Gasteiger partial charge in [-0.15, -0.1) is 0 Å². The van der Waals surface area contributed by atoms with Gasteiger partial charge in [0.15, 0.2) is 0 Å². The lowest BCUT2D eigenvalue weighted by Gasteiger charge is -2.29. The van der Waals surface area contributed by atoms with Crippen LogP contribution in [0.5, 0.6) is 0 Å². The Morgan fingerprint density at radius 3 is 2.44 bits per heavy atom. The van der Waals surface area contributed by atoms with Gasteiger partial charge in [-0.05, 0) is 78.0 Å². The SMILES string of the molecule is Cc1cc2ccc(Br)cc2c(-c2ccccc2)c1CN1CCCCC1. The summed E-state index contributed by atoms with van der Waals surface area (Å²) in [4.78, 5) is 2.63. The number of nitrogens with zero attached hydrogens (tertiary/aromatic N) is 1. The van der Waals surface area contributed by atoms with E-state index in [1.165, 1.54) is 65.4 Å². The highest BCUT2D eigenvalue weighted by Gasteiger charge is 2.17. The fraction of sp³-hybridized carbons (Fsp3) is 0.304. The summed E-state index contributed by atoms with van der Waals surface area (Å²) in [6.45, 7) is 5.78. The van der Waals surface area contributed by atoms with Crippen LogP contribution >= 0.6 is 15.9 Å². The van der Waals surface area contributed by atoms with Crippen LogP contribution in [0.15, 0.2) is 59.1 Å². The first-order chi connectivity index (χ1) is 12.2. The van der Waals surface area contributed by atoms with E-state index < -0.39 is 0 Å². The van der Waals surface area contributed by atoms with Gasteiger partial charge in [-0.25, -0.2) is 0 Å². The third kappa shape index (κ3) is 3.51. The lowest BCUT2D eigenvalue weighted by atomic mass is 9.89. The molecule has 0 N–H and O–H groups in total. The van der Waals surface area contributed by atoms with E-state index in [0.717, 1.165) is 11.0 Å². The number of piperidine rings is 1. The van der Waals surface area contributed by atoms with Gasteiger partial charge in [-0.3, -0.25) is 4.90 Å². The highest BCUT2D eigenvalue weighted by molar-refractivity contribution is 9.10. The van der Waals surface area contributed by atoms with Crippen molar-refractivity contribution < 1.29 is 0 Å². The second-order valence-electron chi connectivity index (χ2n) is 7.12. The second kappa shape index (κ2) is 7.31. The molecule has 0 spiro atoms. The quantitative estimate of drug-likeness (QED) is 0.486. The summed E-state index contributed by atoms with van der Waals surface area (Å²) < 4.78 is 1.14. The van der Waals surface area contributed by atoms with E-state index in [2.05, 4.69) is 82.4 Å². The Bertz CT molecular complexity index is 879. The van der Waals surface area contributed by atoms with Crippen LogP contribution in [0.3, 0.4) is 0 Å². The molecule has 0 aliphatic carbocycles. The lowest BCUT2D eigenvalue weighted by molar-refractivity contribution is 0.221. The van der Waals surface area contributed by atoms with Gasteiger partial charge in [-0.2, -0.15) is 0 Å². The number of halogens is 1. The number of likely N-dealkylation sites (tertiary alicyclic amines) is 1. The second-order valence-corrected chi connectivity index (χ2v) is 8.03. The Morgan fingerprint density at radius 1 is 0.920 bits per heavy atom. The average molecular weight is 394 g/mol. The summed E-state index contributed by atoms with van der Waals surface area (Å²) in [7, 11) is 0. The molecule has 0 amide bonds. The smallest absolute Gasteiger partial charge is 0.0242 e. The summed E-state index contributed by atoms with van der Waals surface area (Å²) in [6.07, 6.45) is 4.05. The molecule has 2 heteroatoms. The van der Waals surface area contributed by atoms with Gasteiger partial charge >= 0.3 is 0 Å². The molecule has 1 aliphatic rings. The third-order valence-corrected chi connectivity index (χ3v) is 5.82. The summed E-state index contributed by atoms with van der Waals surface area (Å²) in [5.41, 5.74) is 5.61. The van der Waals surface area contributed by atoms with Crippen LogP contribution < -0.4 is 0 Å². The van der Waals surface area contributed by atoms with Crippen LogP contribution in [-0.4, -0.2) is 18.0 Å². The molecule has 0 atom stereocenters. The van der Waals surface area contributed by atoms with Crippen LogP contribution in [0.2, 0.25) is 0 Å². The maximum Gasteiger partial charge on any atom is 0.0242 e. The molecule has 3 aromatic carbocycles. The zero-order valence-electron chi connectivity index (χ0n) is 14.8. The van der Waals surface area contributed by atoms with E-state index in [4.69, 9.17) is 0 Å². The van der Waals surface area contributed by atoms with Gasteiger partial charge in [-0.1, -0.05) is 64.8 Å². The van der Waals surface area contributed by atoms with Crippen molar-refractivity contribution in [2.45, 2.75) is 32.7 Å². The molecule has 1 saturated heterocycles. The van der Waals surface area contributed by atoms with Crippen molar-refractivity contribution in [1.82, 2.24) is 4.90 Å². The molecule has 0 aromatic heterocycles. The standard InChI is InChI=1S/C23H24BrN/c1-17-14-19-10-11-20(24)15-21(19)23(18-8-4-2-5-9-18)22(17)16-25-12-6-3-7-13-25/h2,4-5,8-11,14-15H,3,6-7,12-13,16H2,1H3. The number of benzene rings is 3. The highest BCUT2D eigenvalue weighted by atomic mass is 79.9. The zero-order valence-corrected chi connectivity index (χ0v) is 16.3. The van der Waals surface area contributed by atoms with Gasteiger partial charge in [0.2, 0.25) is 0 Å². The molecule has 128 valence electrons. The molecule has 0 saturated carbocycles. The molecule has 3 aromatic rings. The number of hydrogen-bond acceptors (Lipinski definition) is 1. The van der Waals surface area contributed by atoms with Crippen molar-refractivity contribution >= 4 is 26.7 Å². The molecule has 1 heterocycles. The van der Waals surface area contributed by atoms with Gasteiger partial charge in [0.25, 0.3) is 0 Å². The number of fused-ring (bicyclic) bond motifs is 1. The minimum atomic E-state index is 1.05. The fourth-order valence-corrected chi connectivity index (χ4v) is 4.39. The van der Waals surface area contributed by atoms with E-state index in [0.29, 0.717) is 0 Å². The minimum Gasteiger partial charge on any atom is -0.299 e.